The molecule has 1 saturated heterocycles. The molecule has 10 nitrogen and oxygen atoms in total. The maximum Gasteiger partial charge on any atom is 0.317 e. The summed E-state index contributed by atoms with van der Waals surface area (Å²) in [4.78, 5) is 33.8. The third kappa shape index (κ3) is 5.35. The molecule has 1 fully saturated rings. The quantitative estimate of drug-likeness (QED) is 0.299. The summed E-state index contributed by atoms with van der Waals surface area (Å²) in [7, 11) is 0. The molecule has 4 N–H and O–H groups in total. The van der Waals surface area contributed by atoms with Crippen LogP contribution < -0.4 is 16.0 Å². The minimum absolute atomic E-state index is 0.00319. The van der Waals surface area contributed by atoms with E-state index < -0.39 is 0 Å². The Morgan fingerprint density at radius 2 is 2.03 bits per heavy atom. The molecule has 0 aliphatic carbocycles. The van der Waals surface area contributed by atoms with E-state index in [-0.39, 0.29) is 6.03 Å². The molecule has 1 aromatic carbocycles. The summed E-state index contributed by atoms with van der Waals surface area (Å²) in [5, 5.41) is 11.0. The number of amides is 2. The summed E-state index contributed by atoms with van der Waals surface area (Å²) in [6.07, 6.45) is 4.48. The number of piperazine rings is 1. The normalized spacial score (nSPS) is 20.6. The van der Waals surface area contributed by atoms with Crippen LogP contribution in [-0.4, -0.2) is 87.1 Å². The van der Waals surface area contributed by atoms with Crippen molar-refractivity contribution in [2.75, 3.05) is 44.6 Å². The van der Waals surface area contributed by atoms with Crippen LogP contribution in [0.15, 0.2) is 42.2 Å². The maximum atomic E-state index is 12.8. The van der Waals surface area contributed by atoms with Gasteiger partial charge in [-0.2, -0.15) is 0 Å². The number of nitrogens with one attached hydrogen (secondary N) is 4. The monoisotopic (exact) mass is 531 g/mol. The number of urea groups is 1. The van der Waals surface area contributed by atoms with Gasteiger partial charge in [-0.25, -0.2) is 19.7 Å². The Balaban J connectivity index is 1.08. The first-order chi connectivity index (χ1) is 18.5. The summed E-state index contributed by atoms with van der Waals surface area (Å²) in [6.45, 7) is 9.26. The number of H-pyrrole nitrogens is 1. The summed E-state index contributed by atoms with van der Waals surface area (Å²) >= 11 is 1.62. The number of benzene rings is 1. The van der Waals surface area contributed by atoms with Crippen LogP contribution in [0.1, 0.15) is 26.0 Å². The van der Waals surface area contributed by atoms with Gasteiger partial charge in [0.25, 0.3) is 0 Å². The number of fused-ring (bicyclic) bond motifs is 2. The van der Waals surface area contributed by atoms with Crippen LogP contribution in [0.4, 0.5) is 16.3 Å². The second-order valence-corrected chi connectivity index (χ2v) is 11.1. The highest BCUT2D eigenvalue weighted by Crippen LogP contribution is 2.30. The molecular weight excluding hydrogens is 498 g/mol. The third-order valence-electron chi connectivity index (χ3n) is 7.20. The van der Waals surface area contributed by atoms with Crippen molar-refractivity contribution < 1.29 is 4.79 Å². The van der Waals surface area contributed by atoms with Crippen molar-refractivity contribution in [1.82, 2.24) is 40.4 Å². The van der Waals surface area contributed by atoms with Crippen LogP contribution in [-0.2, 0) is 0 Å². The maximum absolute atomic E-state index is 12.8. The van der Waals surface area contributed by atoms with E-state index >= 15 is 0 Å². The second-order valence-electron chi connectivity index (χ2n) is 10.2. The van der Waals surface area contributed by atoms with Crippen LogP contribution in [0.3, 0.4) is 0 Å². The molecule has 4 aromatic rings. The van der Waals surface area contributed by atoms with Crippen LogP contribution in [0.2, 0.25) is 0 Å². The molecule has 0 spiro atoms. The molecule has 6 rings (SSSR count). The summed E-state index contributed by atoms with van der Waals surface area (Å²) < 4.78 is 1.13. The number of aromatic nitrogens is 4. The topological polar surface area (TPSA) is 114 Å². The van der Waals surface area contributed by atoms with Gasteiger partial charge < -0.3 is 25.8 Å². The molecule has 0 saturated carbocycles. The van der Waals surface area contributed by atoms with E-state index in [4.69, 9.17) is 0 Å². The van der Waals surface area contributed by atoms with E-state index in [0.29, 0.717) is 31.7 Å². The van der Waals surface area contributed by atoms with Crippen molar-refractivity contribution >= 4 is 55.7 Å². The molecule has 0 bridgehead atoms. The highest BCUT2D eigenvalue weighted by Gasteiger charge is 2.22. The van der Waals surface area contributed by atoms with Gasteiger partial charge in [0.05, 0.1) is 21.1 Å². The first-order valence-corrected chi connectivity index (χ1v) is 14.0. The van der Waals surface area contributed by atoms with Crippen molar-refractivity contribution in [3.8, 4) is 0 Å². The fourth-order valence-electron chi connectivity index (χ4n) is 5.44. The molecule has 38 heavy (non-hydrogen) atoms. The Morgan fingerprint density at radius 3 is 2.84 bits per heavy atom. The molecular formula is C27H33N9OS. The van der Waals surface area contributed by atoms with Gasteiger partial charge in [0.15, 0.2) is 0 Å². The Hall–Kier alpha value is -3.54. The van der Waals surface area contributed by atoms with Crippen molar-refractivity contribution in [2.45, 2.75) is 32.4 Å². The van der Waals surface area contributed by atoms with Crippen LogP contribution in [0.5, 0.6) is 0 Å². The number of carbonyl (C=O) groups excluding carboxylic acids is 1. The number of anilines is 2. The molecule has 2 unspecified atom stereocenters. The smallest absolute Gasteiger partial charge is 0.317 e. The number of aromatic amines is 1. The van der Waals surface area contributed by atoms with Gasteiger partial charge in [-0.3, -0.25) is 4.90 Å². The van der Waals surface area contributed by atoms with E-state index in [1.165, 1.54) is 5.57 Å². The van der Waals surface area contributed by atoms with Gasteiger partial charge in [-0.1, -0.05) is 6.08 Å². The van der Waals surface area contributed by atoms with Gasteiger partial charge in [-0.15, -0.1) is 11.3 Å². The highest BCUT2D eigenvalue weighted by atomic mass is 32.1. The lowest BCUT2D eigenvalue weighted by atomic mass is 10.1. The lowest BCUT2D eigenvalue weighted by molar-refractivity contribution is 0.170. The molecule has 0 radical (unpaired) electrons. The standard InChI is InChI=1S/C27H33N9OS/c1-17-13-35(14-18(2)32-17)10-7-28-27(37)36-8-5-19(6-9-36)23-12-21-25(29-15-30-26(21)34-23)33-20-3-4-22-24(11-20)38-16-31-22/h3-5,11-12,15-18,32H,6-10,13-14H2,1-2H3,(H,28,37)(H2,29,30,33,34). The third-order valence-corrected chi connectivity index (χ3v) is 7.99. The highest BCUT2D eigenvalue weighted by molar-refractivity contribution is 7.16. The minimum Gasteiger partial charge on any atom is -0.340 e. The first-order valence-electron chi connectivity index (χ1n) is 13.2. The summed E-state index contributed by atoms with van der Waals surface area (Å²) in [5.74, 6) is 0.757. The van der Waals surface area contributed by atoms with Crippen molar-refractivity contribution in [3.05, 3.63) is 47.9 Å². The number of nitrogens with zero attached hydrogens (tertiary/aromatic N) is 5. The summed E-state index contributed by atoms with van der Waals surface area (Å²) in [6, 6.07) is 9.17. The molecule has 2 atom stereocenters. The minimum atomic E-state index is 0.00319. The molecule has 198 valence electrons. The predicted octanol–water partition coefficient (Wildman–Crippen LogP) is 3.79. The number of carbonyl (C=O) groups is 1. The molecule has 11 heteroatoms. The predicted molar refractivity (Wildman–Crippen MR) is 153 cm³/mol. The zero-order valence-corrected chi connectivity index (χ0v) is 22.5. The average Bonchev–Trinajstić information content (AvgIpc) is 3.56. The molecule has 2 aliphatic rings. The van der Waals surface area contributed by atoms with Crippen molar-refractivity contribution in [3.63, 3.8) is 0 Å². The molecule has 2 amide bonds. The Morgan fingerprint density at radius 1 is 1.16 bits per heavy atom. The van der Waals surface area contributed by atoms with Crippen LogP contribution >= 0.6 is 11.3 Å². The zero-order valence-electron chi connectivity index (χ0n) is 21.7. The molecule has 3 aromatic heterocycles. The largest absolute Gasteiger partial charge is 0.340 e. The zero-order chi connectivity index (χ0) is 26.1. The summed E-state index contributed by atoms with van der Waals surface area (Å²) in [5.41, 5.74) is 6.80. The number of hydrogen-bond donors (Lipinski definition) is 4. The Labute approximate surface area is 225 Å². The Bertz CT molecular complexity index is 1470. The van der Waals surface area contributed by atoms with Crippen LogP contribution in [0, 0.1) is 0 Å². The second kappa shape index (κ2) is 10.7. The van der Waals surface area contributed by atoms with Crippen molar-refractivity contribution in [1.29, 1.82) is 0 Å². The van der Waals surface area contributed by atoms with E-state index in [9.17, 15) is 4.79 Å². The van der Waals surface area contributed by atoms with Crippen molar-refractivity contribution in [2.24, 2.45) is 0 Å². The van der Waals surface area contributed by atoms with E-state index in [2.05, 4.69) is 72.8 Å². The van der Waals surface area contributed by atoms with Crippen LogP contribution in [0.25, 0.3) is 26.8 Å². The SMILES string of the molecule is CC1CN(CCNC(=O)N2CC=C(c3cc4c(Nc5ccc6ncsc6c5)ncnc4[nH]3)CC2)CC(C)N1. The fraction of sp³-hybridized carbons (Fsp3) is 0.407. The van der Waals surface area contributed by atoms with Gasteiger partial charge in [0.2, 0.25) is 0 Å². The number of rotatable bonds is 6. The Kier molecular flexibility index (Phi) is 6.96. The van der Waals surface area contributed by atoms with E-state index in [1.54, 1.807) is 17.7 Å². The lowest BCUT2D eigenvalue weighted by Gasteiger charge is -2.36. The molecule has 2 aliphatic heterocycles. The van der Waals surface area contributed by atoms with Gasteiger partial charge in [-0.05, 0) is 50.1 Å². The fourth-order valence-corrected chi connectivity index (χ4v) is 6.15. The van der Waals surface area contributed by atoms with Gasteiger partial charge in [0, 0.05) is 62.7 Å². The van der Waals surface area contributed by atoms with E-state index in [0.717, 1.165) is 64.5 Å². The number of hydrogen-bond acceptors (Lipinski definition) is 8. The number of thiazole rings is 1. The van der Waals surface area contributed by atoms with Gasteiger partial charge in [0.1, 0.15) is 17.8 Å². The molecule has 5 heterocycles. The average molecular weight is 532 g/mol. The van der Waals surface area contributed by atoms with E-state index in [1.807, 2.05) is 22.5 Å². The first kappa shape index (κ1) is 24.8. The lowest BCUT2D eigenvalue weighted by Crippen LogP contribution is -2.55. The van der Waals surface area contributed by atoms with Gasteiger partial charge >= 0.3 is 6.03 Å².